The van der Waals surface area contributed by atoms with Crippen molar-refractivity contribution in [3.63, 3.8) is 0 Å². The third-order valence-corrected chi connectivity index (χ3v) is 4.35. The van der Waals surface area contributed by atoms with Gasteiger partial charge in [-0.3, -0.25) is 4.79 Å². The number of allylic oxidation sites excluding steroid dienone is 1. The van der Waals surface area contributed by atoms with Gasteiger partial charge in [0.15, 0.2) is 0 Å². The predicted octanol–water partition coefficient (Wildman–Crippen LogP) is 4.06. The van der Waals surface area contributed by atoms with Crippen LogP contribution in [0.2, 0.25) is 0 Å². The van der Waals surface area contributed by atoms with E-state index in [4.69, 9.17) is 4.74 Å². The Bertz CT molecular complexity index is 271. The average molecular weight is 249 g/mol. The highest BCUT2D eigenvalue weighted by Gasteiger charge is 2.27. The molecule has 0 bridgehead atoms. The van der Waals surface area contributed by atoms with Crippen LogP contribution < -0.4 is 0 Å². The van der Waals surface area contributed by atoms with E-state index < -0.39 is 0 Å². The number of esters is 1. The second kappa shape index (κ2) is 6.96. The van der Waals surface area contributed by atoms with Crippen LogP contribution in [0.5, 0.6) is 0 Å². The summed E-state index contributed by atoms with van der Waals surface area (Å²) in [7, 11) is 0. The molecule has 2 aliphatic rings. The summed E-state index contributed by atoms with van der Waals surface area (Å²) in [6, 6.07) is 0. The van der Waals surface area contributed by atoms with Crippen molar-refractivity contribution in [2.24, 2.45) is 11.8 Å². The highest BCUT2D eigenvalue weighted by atomic mass is 16.5. The van der Waals surface area contributed by atoms with E-state index in [-0.39, 0.29) is 18.0 Å². The van der Waals surface area contributed by atoms with Crippen molar-refractivity contribution in [3.05, 3.63) is 19.1 Å². The van der Waals surface area contributed by atoms with E-state index in [1.54, 1.807) is 0 Å². The van der Waals surface area contributed by atoms with Crippen LogP contribution in [-0.2, 0) is 9.53 Å². The van der Waals surface area contributed by atoms with Gasteiger partial charge in [-0.05, 0) is 70.1 Å². The van der Waals surface area contributed by atoms with Crippen LogP contribution in [0, 0.1) is 18.3 Å². The van der Waals surface area contributed by atoms with Gasteiger partial charge >= 0.3 is 5.97 Å². The molecular weight excluding hydrogens is 224 g/mol. The minimum atomic E-state index is 0.0651. The van der Waals surface area contributed by atoms with E-state index in [1.165, 1.54) is 12.8 Å². The second-order valence-corrected chi connectivity index (χ2v) is 5.74. The standard InChI is InChI=1S/C16H25O2/c1-2-6-13-9-11-15(12-10-13)18-16(17)14-7-4-3-5-8-14/h2-3,13-15H,1,4-12H2. The van der Waals surface area contributed by atoms with Gasteiger partial charge in [0, 0.05) is 0 Å². The highest BCUT2D eigenvalue weighted by Crippen LogP contribution is 2.30. The zero-order valence-corrected chi connectivity index (χ0v) is 11.3. The lowest BCUT2D eigenvalue weighted by Crippen LogP contribution is -2.29. The van der Waals surface area contributed by atoms with Gasteiger partial charge in [-0.2, -0.15) is 0 Å². The van der Waals surface area contributed by atoms with Crippen LogP contribution >= 0.6 is 0 Å². The van der Waals surface area contributed by atoms with Gasteiger partial charge in [0.1, 0.15) is 6.10 Å². The molecule has 0 N–H and O–H groups in total. The second-order valence-electron chi connectivity index (χ2n) is 5.74. The minimum Gasteiger partial charge on any atom is -0.462 e. The van der Waals surface area contributed by atoms with Crippen molar-refractivity contribution in [1.82, 2.24) is 0 Å². The Morgan fingerprint density at radius 2 is 1.83 bits per heavy atom. The van der Waals surface area contributed by atoms with Gasteiger partial charge in [-0.15, -0.1) is 6.58 Å². The third kappa shape index (κ3) is 3.86. The normalized spacial score (nSPS) is 29.8. The molecule has 0 aliphatic heterocycles. The lowest BCUT2D eigenvalue weighted by Gasteiger charge is -2.29. The molecule has 2 heteroatoms. The van der Waals surface area contributed by atoms with Crippen molar-refractivity contribution in [3.8, 4) is 0 Å². The van der Waals surface area contributed by atoms with Crippen LogP contribution in [0.4, 0.5) is 0 Å². The molecule has 0 heterocycles. The van der Waals surface area contributed by atoms with E-state index in [1.807, 2.05) is 6.08 Å². The molecule has 2 saturated carbocycles. The van der Waals surface area contributed by atoms with Crippen molar-refractivity contribution in [2.75, 3.05) is 0 Å². The molecule has 0 spiro atoms. The largest absolute Gasteiger partial charge is 0.462 e. The summed E-state index contributed by atoms with van der Waals surface area (Å²) in [5.41, 5.74) is 0. The molecule has 2 nitrogen and oxygen atoms in total. The summed E-state index contributed by atoms with van der Waals surface area (Å²) in [5, 5.41) is 0. The molecule has 0 unspecified atom stereocenters. The Morgan fingerprint density at radius 1 is 1.17 bits per heavy atom. The molecule has 0 atom stereocenters. The Labute approximate surface area is 111 Å². The van der Waals surface area contributed by atoms with Crippen molar-refractivity contribution >= 4 is 5.97 Å². The van der Waals surface area contributed by atoms with Gasteiger partial charge in [-0.1, -0.05) is 6.08 Å². The van der Waals surface area contributed by atoms with Gasteiger partial charge in [0.2, 0.25) is 0 Å². The van der Waals surface area contributed by atoms with E-state index in [0.29, 0.717) is 0 Å². The first-order valence-electron chi connectivity index (χ1n) is 7.42. The van der Waals surface area contributed by atoms with Crippen LogP contribution in [0.25, 0.3) is 0 Å². The van der Waals surface area contributed by atoms with Crippen molar-refractivity contribution in [1.29, 1.82) is 0 Å². The first kappa shape index (κ1) is 13.6. The van der Waals surface area contributed by atoms with Crippen LogP contribution in [0.1, 0.15) is 57.8 Å². The predicted molar refractivity (Wildman–Crippen MR) is 72.9 cm³/mol. The van der Waals surface area contributed by atoms with E-state index in [9.17, 15) is 4.79 Å². The molecule has 18 heavy (non-hydrogen) atoms. The summed E-state index contributed by atoms with van der Waals surface area (Å²) >= 11 is 0. The third-order valence-electron chi connectivity index (χ3n) is 4.35. The molecular formula is C16H25O2. The molecule has 0 amide bonds. The lowest BCUT2D eigenvalue weighted by atomic mass is 9.85. The molecule has 2 fully saturated rings. The van der Waals surface area contributed by atoms with E-state index in [0.717, 1.165) is 50.9 Å². The van der Waals surface area contributed by atoms with E-state index in [2.05, 4.69) is 13.0 Å². The number of rotatable bonds is 4. The molecule has 101 valence electrons. The molecule has 1 radical (unpaired) electrons. The Hall–Kier alpha value is -0.790. The Kier molecular flexibility index (Phi) is 5.27. The number of carbonyl (C=O) groups is 1. The number of hydrogen-bond acceptors (Lipinski definition) is 2. The smallest absolute Gasteiger partial charge is 0.309 e. The fourth-order valence-electron chi connectivity index (χ4n) is 3.14. The summed E-state index contributed by atoms with van der Waals surface area (Å²) < 4.78 is 5.68. The molecule has 2 rings (SSSR count). The van der Waals surface area contributed by atoms with Gasteiger partial charge in [-0.25, -0.2) is 0 Å². The Morgan fingerprint density at radius 3 is 2.44 bits per heavy atom. The van der Waals surface area contributed by atoms with Crippen LogP contribution in [0.15, 0.2) is 12.7 Å². The maximum atomic E-state index is 12.0. The van der Waals surface area contributed by atoms with E-state index >= 15 is 0 Å². The summed E-state index contributed by atoms with van der Waals surface area (Å²) in [6.07, 6.45) is 14.2. The summed E-state index contributed by atoms with van der Waals surface area (Å²) in [6.45, 7) is 3.80. The maximum Gasteiger partial charge on any atom is 0.309 e. The van der Waals surface area contributed by atoms with Crippen LogP contribution in [0.3, 0.4) is 0 Å². The SMILES string of the molecule is C=CCC1CCC(OC(=O)C2CC[CH]CC2)CC1. The average Bonchev–Trinajstić information content (AvgIpc) is 2.42. The molecule has 0 aromatic carbocycles. The Balaban J connectivity index is 1.70. The lowest BCUT2D eigenvalue weighted by molar-refractivity contribution is -0.156. The number of ether oxygens (including phenoxy) is 1. The van der Waals surface area contributed by atoms with Crippen molar-refractivity contribution in [2.45, 2.75) is 63.9 Å². The first-order valence-corrected chi connectivity index (χ1v) is 7.42. The van der Waals surface area contributed by atoms with Gasteiger partial charge in [0.25, 0.3) is 0 Å². The van der Waals surface area contributed by atoms with Crippen molar-refractivity contribution < 1.29 is 9.53 Å². The molecule has 0 aromatic heterocycles. The first-order chi connectivity index (χ1) is 8.79. The summed E-state index contributed by atoms with van der Waals surface area (Å²) in [4.78, 5) is 12.0. The topological polar surface area (TPSA) is 26.3 Å². The highest BCUT2D eigenvalue weighted by molar-refractivity contribution is 5.72. The van der Waals surface area contributed by atoms with Gasteiger partial charge < -0.3 is 4.74 Å². The van der Waals surface area contributed by atoms with Gasteiger partial charge in [0.05, 0.1) is 5.92 Å². The number of hydrogen-bond donors (Lipinski definition) is 0. The summed E-state index contributed by atoms with van der Waals surface area (Å²) in [5.74, 6) is 0.998. The zero-order chi connectivity index (χ0) is 12.8. The minimum absolute atomic E-state index is 0.0651. The quantitative estimate of drug-likeness (QED) is 0.555. The molecule has 0 aromatic rings. The maximum absolute atomic E-state index is 12.0. The number of carbonyl (C=O) groups excluding carboxylic acids is 1. The molecule has 2 aliphatic carbocycles. The zero-order valence-electron chi connectivity index (χ0n) is 11.3. The van der Waals surface area contributed by atoms with Crippen LogP contribution in [-0.4, -0.2) is 12.1 Å². The fraction of sp³-hybridized carbons (Fsp3) is 0.750. The molecule has 0 saturated heterocycles. The monoisotopic (exact) mass is 249 g/mol. The fourth-order valence-corrected chi connectivity index (χ4v) is 3.14.